The molecule has 1 amide bonds. The predicted octanol–water partition coefficient (Wildman–Crippen LogP) is 1.15. The summed E-state index contributed by atoms with van der Waals surface area (Å²) in [5.41, 5.74) is 0. The zero-order valence-electron chi connectivity index (χ0n) is 10.9. The molecule has 104 valence electrons. The molecule has 0 aromatic heterocycles. The summed E-state index contributed by atoms with van der Waals surface area (Å²) in [6, 6.07) is -0.0129. The number of hydrogen-bond donors (Lipinski definition) is 3. The zero-order chi connectivity index (χ0) is 13.5. The molecule has 0 aliphatic heterocycles. The Morgan fingerprint density at radius 2 is 1.89 bits per heavy atom. The van der Waals surface area contributed by atoms with Crippen molar-refractivity contribution in [1.29, 1.82) is 0 Å². The summed E-state index contributed by atoms with van der Waals surface area (Å²) < 4.78 is 0. The van der Waals surface area contributed by atoms with Gasteiger partial charge in [0, 0.05) is 12.6 Å². The van der Waals surface area contributed by atoms with E-state index in [1.165, 1.54) is 0 Å². The van der Waals surface area contributed by atoms with Gasteiger partial charge in [0.2, 0.25) is 5.91 Å². The highest BCUT2D eigenvalue weighted by Crippen LogP contribution is 2.30. The van der Waals surface area contributed by atoms with Crippen LogP contribution in [0.1, 0.15) is 45.4 Å². The number of aliphatic carboxylic acids is 1. The second kappa shape index (κ2) is 7.36. The van der Waals surface area contributed by atoms with Gasteiger partial charge in [-0.2, -0.15) is 0 Å². The SMILES string of the molecule is CC(CCCO)NC(=O)[C@@H]1CCCC[C@@H]1C(=O)O. The summed E-state index contributed by atoms with van der Waals surface area (Å²) in [5, 5.41) is 20.7. The van der Waals surface area contributed by atoms with Gasteiger partial charge in [0.05, 0.1) is 11.8 Å². The van der Waals surface area contributed by atoms with Crippen LogP contribution in [0.15, 0.2) is 0 Å². The van der Waals surface area contributed by atoms with Crippen LogP contribution >= 0.6 is 0 Å². The molecule has 0 radical (unpaired) electrons. The molecule has 1 aliphatic carbocycles. The normalized spacial score (nSPS) is 25.4. The van der Waals surface area contributed by atoms with Crippen molar-refractivity contribution in [3.05, 3.63) is 0 Å². The fourth-order valence-corrected chi connectivity index (χ4v) is 2.56. The smallest absolute Gasteiger partial charge is 0.307 e. The lowest BCUT2D eigenvalue weighted by Crippen LogP contribution is -2.43. The highest BCUT2D eigenvalue weighted by Gasteiger charge is 2.35. The van der Waals surface area contributed by atoms with Gasteiger partial charge < -0.3 is 15.5 Å². The number of amides is 1. The number of aliphatic hydroxyl groups excluding tert-OH is 1. The van der Waals surface area contributed by atoms with Crippen LogP contribution in [0.4, 0.5) is 0 Å². The number of nitrogens with one attached hydrogen (secondary N) is 1. The average molecular weight is 257 g/mol. The third-order valence-corrected chi connectivity index (χ3v) is 3.60. The van der Waals surface area contributed by atoms with Crippen LogP contribution in [0.25, 0.3) is 0 Å². The largest absolute Gasteiger partial charge is 0.481 e. The van der Waals surface area contributed by atoms with Gasteiger partial charge in [-0.3, -0.25) is 9.59 Å². The van der Waals surface area contributed by atoms with E-state index in [1.807, 2.05) is 6.92 Å². The lowest BCUT2D eigenvalue weighted by molar-refractivity contribution is -0.149. The van der Waals surface area contributed by atoms with Crippen molar-refractivity contribution in [2.45, 2.75) is 51.5 Å². The fourth-order valence-electron chi connectivity index (χ4n) is 2.56. The Morgan fingerprint density at radius 1 is 1.28 bits per heavy atom. The number of carbonyl (C=O) groups excluding carboxylic acids is 1. The Balaban J connectivity index is 2.50. The lowest BCUT2D eigenvalue weighted by atomic mass is 9.78. The average Bonchev–Trinajstić information content (AvgIpc) is 2.36. The number of rotatable bonds is 6. The molecule has 0 saturated heterocycles. The van der Waals surface area contributed by atoms with E-state index in [9.17, 15) is 9.59 Å². The fraction of sp³-hybridized carbons (Fsp3) is 0.846. The van der Waals surface area contributed by atoms with Crippen molar-refractivity contribution in [3.63, 3.8) is 0 Å². The predicted molar refractivity (Wildman–Crippen MR) is 67.0 cm³/mol. The summed E-state index contributed by atoms with van der Waals surface area (Å²) in [7, 11) is 0. The van der Waals surface area contributed by atoms with Crippen molar-refractivity contribution in [2.24, 2.45) is 11.8 Å². The summed E-state index contributed by atoms with van der Waals surface area (Å²) in [6.45, 7) is 1.99. The number of aliphatic hydroxyl groups is 1. The third kappa shape index (κ3) is 4.29. The van der Waals surface area contributed by atoms with Crippen LogP contribution in [0.5, 0.6) is 0 Å². The van der Waals surface area contributed by atoms with Crippen LogP contribution in [-0.2, 0) is 9.59 Å². The number of carbonyl (C=O) groups is 2. The van der Waals surface area contributed by atoms with E-state index >= 15 is 0 Å². The minimum Gasteiger partial charge on any atom is -0.481 e. The monoisotopic (exact) mass is 257 g/mol. The minimum atomic E-state index is -0.863. The molecule has 0 aromatic rings. The molecular weight excluding hydrogens is 234 g/mol. The van der Waals surface area contributed by atoms with Crippen LogP contribution < -0.4 is 5.32 Å². The van der Waals surface area contributed by atoms with Gasteiger partial charge in [-0.15, -0.1) is 0 Å². The molecule has 0 spiro atoms. The molecule has 1 fully saturated rings. The Kier molecular flexibility index (Phi) is 6.12. The van der Waals surface area contributed by atoms with Gasteiger partial charge in [-0.1, -0.05) is 12.8 Å². The standard InChI is InChI=1S/C13H23NO4/c1-9(5-4-8-15)14-12(16)10-6-2-3-7-11(10)13(17)18/h9-11,15H,2-8H2,1H3,(H,14,16)(H,17,18)/t9?,10-,11+/m1/s1. The molecule has 0 heterocycles. The molecule has 1 aliphatic rings. The number of carboxylic acid groups (broad SMARTS) is 1. The van der Waals surface area contributed by atoms with E-state index in [1.54, 1.807) is 0 Å². The molecule has 0 bridgehead atoms. The molecule has 1 unspecified atom stereocenters. The van der Waals surface area contributed by atoms with Crippen molar-refractivity contribution in [3.8, 4) is 0 Å². The molecule has 0 aromatic carbocycles. The maximum Gasteiger partial charge on any atom is 0.307 e. The Bertz CT molecular complexity index is 293. The van der Waals surface area contributed by atoms with Crippen LogP contribution in [-0.4, -0.2) is 34.7 Å². The Labute approximate surface area is 108 Å². The van der Waals surface area contributed by atoms with Crippen molar-refractivity contribution >= 4 is 11.9 Å². The van der Waals surface area contributed by atoms with Crippen LogP contribution in [0.3, 0.4) is 0 Å². The number of carboxylic acids is 1. The molecule has 3 N–H and O–H groups in total. The zero-order valence-corrected chi connectivity index (χ0v) is 10.9. The summed E-state index contributed by atoms with van der Waals surface area (Å²) in [6.07, 6.45) is 4.43. The van der Waals surface area contributed by atoms with E-state index in [-0.39, 0.29) is 18.6 Å². The molecule has 3 atom stereocenters. The maximum absolute atomic E-state index is 12.0. The van der Waals surface area contributed by atoms with Crippen LogP contribution in [0.2, 0.25) is 0 Å². The highest BCUT2D eigenvalue weighted by molar-refractivity contribution is 5.85. The number of hydrogen-bond acceptors (Lipinski definition) is 3. The van der Waals surface area contributed by atoms with Crippen molar-refractivity contribution in [1.82, 2.24) is 5.32 Å². The first-order chi connectivity index (χ1) is 8.56. The Hall–Kier alpha value is -1.10. The molecular formula is C13H23NO4. The topological polar surface area (TPSA) is 86.6 Å². The second-order valence-electron chi connectivity index (χ2n) is 5.11. The molecule has 1 rings (SSSR count). The van der Waals surface area contributed by atoms with E-state index < -0.39 is 17.8 Å². The van der Waals surface area contributed by atoms with Crippen molar-refractivity contribution < 1.29 is 19.8 Å². The summed E-state index contributed by atoms with van der Waals surface area (Å²) in [5.74, 6) is -1.94. The first-order valence-electron chi connectivity index (χ1n) is 6.70. The lowest BCUT2D eigenvalue weighted by Gasteiger charge is -2.28. The second-order valence-corrected chi connectivity index (χ2v) is 5.11. The van der Waals surface area contributed by atoms with Crippen LogP contribution in [0, 0.1) is 11.8 Å². The minimum absolute atomic E-state index is 0.0129. The molecule has 1 saturated carbocycles. The van der Waals surface area contributed by atoms with Gasteiger partial charge in [0.25, 0.3) is 0 Å². The Morgan fingerprint density at radius 3 is 2.44 bits per heavy atom. The third-order valence-electron chi connectivity index (χ3n) is 3.60. The van der Waals surface area contributed by atoms with Gasteiger partial charge >= 0.3 is 5.97 Å². The van der Waals surface area contributed by atoms with Crippen molar-refractivity contribution in [2.75, 3.05) is 6.61 Å². The first-order valence-corrected chi connectivity index (χ1v) is 6.70. The van der Waals surface area contributed by atoms with E-state index in [2.05, 4.69) is 5.32 Å². The van der Waals surface area contributed by atoms with Gasteiger partial charge in [0.15, 0.2) is 0 Å². The highest BCUT2D eigenvalue weighted by atomic mass is 16.4. The first kappa shape index (κ1) is 15.0. The van der Waals surface area contributed by atoms with Gasteiger partial charge in [0.1, 0.15) is 0 Å². The van der Waals surface area contributed by atoms with E-state index in [0.29, 0.717) is 25.7 Å². The van der Waals surface area contributed by atoms with Gasteiger partial charge in [-0.25, -0.2) is 0 Å². The summed E-state index contributed by atoms with van der Waals surface area (Å²) in [4.78, 5) is 23.2. The quantitative estimate of drug-likeness (QED) is 0.666. The molecule has 5 heteroatoms. The maximum atomic E-state index is 12.0. The summed E-state index contributed by atoms with van der Waals surface area (Å²) >= 11 is 0. The molecule has 18 heavy (non-hydrogen) atoms. The molecule has 5 nitrogen and oxygen atoms in total. The van der Waals surface area contributed by atoms with E-state index in [0.717, 1.165) is 12.8 Å². The van der Waals surface area contributed by atoms with Gasteiger partial charge in [-0.05, 0) is 32.6 Å². The van der Waals surface area contributed by atoms with E-state index in [4.69, 9.17) is 10.2 Å².